The van der Waals surface area contributed by atoms with E-state index in [1.165, 1.54) is 5.22 Å². The van der Waals surface area contributed by atoms with Crippen LogP contribution in [0.5, 0.6) is 0 Å². The van der Waals surface area contributed by atoms with Gasteiger partial charge < -0.3 is 5.73 Å². The van der Waals surface area contributed by atoms with E-state index in [-0.39, 0.29) is 0 Å². The zero-order chi connectivity index (χ0) is 7.68. The van der Waals surface area contributed by atoms with Crippen molar-refractivity contribution in [3.63, 3.8) is 0 Å². The van der Waals surface area contributed by atoms with Crippen LogP contribution in [0.2, 0.25) is 0 Å². The van der Waals surface area contributed by atoms with Crippen LogP contribution in [0.1, 0.15) is 12.8 Å². The van der Waals surface area contributed by atoms with Gasteiger partial charge in [-0.05, 0) is 24.1 Å². The number of pyridine rings is 1. The number of nitrogen functional groups attached to an aromatic ring is 1. The highest BCUT2D eigenvalue weighted by molar-refractivity contribution is 5.45. The molecule has 56 valence electrons. The highest BCUT2D eigenvalue weighted by atomic mass is 14.8. The third-order valence-corrected chi connectivity index (χ3v) is 1.93. The molecule has 0 bridgehead atoms. The summed E-state index contributed by atoms with van der Waals surface area (Å²) >= 11 is 0. The second kappa shape index (κ2) is 2.38. The van der Waals surface area contributed by atoms with Crippen LogP contribution in [0.25, 0.3) is 12.2 Å². The standard InChI is InChI=1S/C9H10N2/c10-9-8-4-2-1-3-7(8)5-6-11-9/h3-6H,1-2H2,(H2,10,11). The predicted molar refractivity (Wildman–Crippen MR) is 46.1 cm³/mol. The molecule has 1 heterocycles. The molecule has 1 aliphatic carbocycles. The molecule has 2 rings (SSSR count). The van der Waals surface area contributed by atoms with E-state index in [1.807, 2.05) is 6.07 Å². The summed E-state index contributed by atoms with van der Waals surface area (Å²) in [6.45, 7) is 0. The van der Waals surface area contributed by atoms with Crippen molar-refractivity contribution in [3.8, 4) is 0 Å². The third kappa shape index (κ3) is 1.00. The molecule has 0 spiro atoms. The fourth-order valence-electron chi connectivity index (χ4n) is 1.37. The molecule has 0 atom stereocenters. The number of fused-ring (bicyclic) bond motifs is 1. The first-order chi connectivity index (χ1) is 5.38. The summed E-state index contributed by atoms with van der Waals surface area (Å²) in [5.74, 6) is 0.651. The van der Waals surface area contributed by atoms with Crippen molar-refractivity contribution < 1.29 is 0 Å². The second-order valence-electron chi connectivity index (χ2n) is 2.68. The molecular formula is C9H10N2. The van der Waals surface area contributed by atoms with E-state index in [1.54, 1.807) is 6.20 Å². The van der Waals surface area contributed by atoms with Gasteiger partial charge in [-0.15, -0.1) is 0 Å². The van der Waals surface area contributed by atoms with Gasteiger partial charge in [-0.2, -0.15) is 0 Å². The summed E-state index contributed by atoms with van der Waals surface area (Å²) in [5.41, 5.74) is 5.68. The van der Waals surface area contributed by atoms with Crippen LogP contribution in [0, 0.1) is 0 Å². The quantitative estimate of drug-likeness (QED) is 0.560. The van der Waals surface area contributed by atoms with Crippen molar-refractivity contribution in [2.75, 3.05) is 5.73 Å². The Labute approximate surface area is 65.1 Å². The van der Waals surface area contributed by atoms with Gasteiger partial charge in [0.15, 0.2) is 0 Å². The number of aromatic nitrogens is 1. The molecule has 2 N–H and O–H groups in total. The van der Waals surface area contributed by atoms with Crippen LogP contribution in [0.4, 0.5) is 5.82 Å². The van der Waals surface area contributed by atoms with Crippen molar-refractivity contribution in [1.82, 2.24) is 4.98 Å². The minimum atomic E-state index is 0.651. The predicted octanol–water partition coefficient (Wildman–Crippen LogP) is 0.0186. The van der Waals surface area contributed by atoms with E-state index >= 15 is 0 Å². The molecule has 1 aromatic heterocycles. The van der Waals surface area contributed by atoms with E-state index in [9.17, 15) is 0 Å². The first kappa shape index (κ1) is 6.40. The van der Waals surface area contributed by atoms with Gasteiger partial charge in [-0.3, -0.25) is 0 Å². The van der Waals surface area contributed by atoms with Crippen LogP contribution in [0.15, 0.2) is 12.3 Å². The maximum atomic E-state index is 5.68. The maximum absolute atomic E-state index is 5.68. The summed E-state index contributed by atoms with van der Waals surface area (Å²) in [5, 5.41) is 2.34. The zero-order valence-electron chi connectivity index (χ0n) is 6.25. The van der Waals surface area contributed by atoms with Crippen molar-refractivity contribution in [1.29, 1.82) is 0 Å². The monoisotopic (exact) mass is 146 g/mol. The molecule has 0 fully saturated rings. The molecule has 1 aromatic rings. The fraction of sp³-hybridized carbons (Fsp3) is 0.222. The van der Waals surface area contributed by atoms with Crippen LogP contribution in [-0.2, 0) is 0 Å². The summed E-state index contributed by atoms with van der Waals surface area (Å²) < 4.78 is 0. The molecule has 11 heavy (non-hydrogen) atoms. The normalized spacial score (nSPS) is 14.5. The van der Waals surface area contributed by atoms with Gasteiger partial charge in [0.25, 0.3) is 0 Å². The van der Waals surface area contributed by atoms with Crippen LogP contribution >= 0.6 is 0 Å². The molecule has 1 aliphatic rings. The Kier molecular flexibility index (Phi) is 1.39. The second-order valence-corrected chi connectivity index (χ2v) is 2.68. The van der Waals surface area contributed by atoms with Crippen molar-refractivity contribution >= 4 is 18.0 Å². The maximum Gasteiger partial charge on any atom is 0.130 e. The van der Waals surface area contributed by atoms with Crippen LogP contribution in [-0.4, -0.2) is 4.98 Å². The van der Waals surface area contributed by atoms with E-state index < -0.39 is 0 Å². The van der Waals surface area contributed by atoms with Gasteiger partial charge in [0.1, 0.15) is 5.82 Å². The summed E-state index contributed by atoms with van der Waals surface area (Å²) in [7, 11) is 0. The third-order valence-electron chi connectivity index (χ3n) is 1.93. The van der Waals surface area contributed by atoms with Gasteiger partial charge in [-0.1, -0.05) is 12.2 Å². The highest BCUT2D eigenvalue weighted by Crippen LogP contribution is 1.95. The average Bonchev–Trinajstić information content (AvgIpc) is 2.06. The lowest BCUT2D eigenvalue weighted by atomic mass is 10.1. The summed E-state index contributed by atoms with van der Waals surface area (Å²) in [6.07, 6.45) is 8.31. The van der Waals surface area contributed by atoms with Crippen LogP contribution < -0.4 is 16.2 Å². The van der Waals surface area contributed by atoms with E-state index in [0.717, 1.165) is 18.1 Å². The average molecular weight is 146 g/mol. The Balaban J connectivity index is 2.88. The van der Waals surface area contributed by atoms with Gasteiger partial charge >= 0.3 is 0 Å². The molecule has 0 radical (unpaired) electrons. The topological polar surface area (TPSA) is 38.9 Å². The number of hydrogen-bond acceptors (Lipinski definition) is 2. The number of hydrogen-bond donors (Lipinski definition) is 1. The fourth-order valence-corrected chi connectivity index (χ4v) is 1.37. The van der Waals surface area contributed by atoms with Crippen molar-refractivity contribution in [3.05, 3.63) is 22.7 Å². The molecule has 2 heteroatoms. The number of anilines is 1. The molecule has 0 saturated heterocycles. The van der Waals surface area contributed by atoms with Gasteiger partial charge in [0.2, 0.25) is 0 Å². The highest BCUT2D eigenvalue weighted by Gasteiger charge is 1.95. The first-order valence-electron chi connectivity index (χ1n) is 3.79. The summed E-state index contributed by atoms with van der Waals surface area (Å²) in [4.78, 5) is 4.02. The lowest BCUT2D eigenvalue weighted by molar-refractivity contribution is 1.11. The zero-order valence-corrected chi connectivity index (χ0v) is 6.25. The lowest BCUT2D eigenvalue weighted by Gasteiger charge is -2.00. The van der Waals surface area contributed by atoms with E-state index in [4.69, 9.17) is 5.73 Å². The number of nitrogens with zero attached hydrogens (tertiary/aromatic N) is 1. The molecule has 0 aromatic carbocycles. The van der Waals surface area contributed by atoms with E-state index in [0.29, 0.717) is 5.82 Å². The molecule has 0 unspecified atom stereocenters. The van der Waals surface area contributed by atoms with Crippen molar-refractivity contribution in [2.24, 2.45) is 0 Å². The Morgan fingerprint density at radius 1 is 1.27 bits per heavy atom. The van der Waals surface area contributed by atoms with Crippen LogP contribution in [0.3, 0.4) is 0 Å². The first-order valence-corrected chi connectivity index (χ1v) is 3.79. The molecule has 0 saturated carbocycles. The molecule has 0 amide bonds. The minimum absolute atomic E-state index is 0.651. The number of nitrogens with two attached hydrogens (primary N) is 1. The van der Waals surface area contributed by atoms with Crippen molar-refractivity contribution in [2.45, 2.75) is 12.8 Å². The smallest absolute Gasteiger partial charge is 0.130 e. The Hall–Kier alpha value is -1.31. The Morgan fingerprint density at radius 2 is 2.09 bits per heavy atom. The van der Waals surface area contributed by atoms with Gasteiger partial charge in [-0.25, -0.2) is 4.98 Å². The van der Waals surface area contributed by atoms with Gasteiger partial charge in [0, 0.05) is 11.4 Å². The lowest BCUT2D eigenvalue weighted by Crippen LogP contribution is -2.30. The molecular weight excluding hydrogens is 136 g/mol. The molecule has 0 aliphatic heterocycles. The van der Waals surface area contributed by atoms with E-state index in [2.05, 4.69) is 17.1 Å². The SMILES string of the molecule is Nc1nccc2c1=CCCC=2. The molecule has 2 nitrogen and oxygen atoms in total. The largest absolute Gasteiger partial charge is 0.383 e. The Bertz CT molecular complexity index is 379. The van der Waals surface area contributed by atoms with Gasteiger partial charge in [0.05, 0.1) is 0 Å². The summed E-state index contributed by atoms with van der Waals surface area (Å²) in [6, 6.07) is 2.00. The Morgan fingerprint density at radius 3 is 2.91 bits per heavy atom. The number of rotatable bonds is 0. The minimum Gasteiger partial charge on any atom is -0.383 e.